The van der Waals surface area contributed by atoms with Crippen LogP contribution in [0, 0.1) is 5.92 Å². The van der Waals surface area contributed by atoms with Crippen LogP contribution >= 0.6 is 0 Å². The second-order valence-electron chi connectivity index (χ2n) is 5.52. The maximum Gasteiger partial charge on any atom is 0.119 e. The van der Waals surface area contributed by atoms with E-state index in [1.54, 1.807) is 7.11 Å². The van der Waals surface area contributed by atoms with Crippen LogP contribution < -0.4 is 10.1 Å². The van der Waals surface area contributed by atoms with Crippen molar-refractivity contribution in [2.45, 2.75) is 31.7 Å². The molecule has 2 N–H and O–H groups in total. The number of aromatic nitrogens is 1. The lowest BCUT2D eigenvalue weighted by Gasteiger charge is -2.18. The van der Waals surface area contributed by atoms with Crippen LogP contribution in [0.4, 0.5) is 0 Å². The smallest absolute Gasteiger partial charge is 0.119 e. The lowest BCUT2D eigenvalue weighted by Crippen LogP contribution is -2.29. The van der Waals surface area contributed by atoms with Crippen molar-refractivity contribution in [1.29, 1.82) is 0 Å². The van der Waals surface area contributed by atoms with Crippen LogP contribution in [0.15, 0.2) is 24.4 Å². The van der Waals surface area contributed by atoms with Crippen molar-refractivity contribution in [2.24, 2.45) is 5.92 Å². The summed E-state index contributed by atoms with van der Waals surface area (Å²) < 4.78 is 5.33. The van der Waals surface area contributed by atoms with Gasteiger partial charge in [-0.05, 0) is 56.0 Å². The van der Waals surface area contributed by atoms with Crippen molar-refractivity contribution in [2.75, 3.05) is 14.2 Å². The summed E-state index contributed by atoms with van der Waals surface area (Å²) in [5, 5.41) is 4.77. The molecular weight excluding hydrogens is 236 g/mol. The predicted molar refractivity (Wildman–Crippen MR) is 78.7 cm³/mol. The molecule has 3 nitrogen and oxygen atoms in total. The number of rotatable bonds is 4. The van der Waals surface area contributed by atoms with Gasteiger partial charge in [-0.15, -0.1) is 0 Å². The fraction of sp³-hybridized carbons (Fsp3) is 0.500. The van der Waals surface area contributed by atoms with Crippen molar-refractivity contribution in [3.05, 3.63) is 30.0 Å². The first-order chi connectivity index (χ1) is 9.31. The Morgan fingerprint density at radius 3 is 3.05 bits per heavy atom. The quantitative estimate of drug-likeness (QED) is 0.884. The Labute approximate surface area is 114 Å². The molecule has 0 saturated heterocycles. The second kappa shape index (κ2) is 5.25. The molecule has 1 aromatic carbocycles. The van der Waals surface area contributed by atoms with E-state index in [-0.39, 0.29) is 0 Å². The third kappa shape index (κ3) is 2.35. The van der Waals surface area contributed by atoms with Gasteiger partial charge in [0, 0.05) is 23.1 Å². The topological polar surface area (TPSA) is 37.0 Å². The van der Waals surface area contributed by atoms with E-state index >= 15 is 0 Å². The van der Waals surface area contributed by atoms with Gasteiger partial charge in [0.05, 0.1) is 7.11 Å². The highest BCUT2D eigenvalue weighted by atomic mass is 16.5. The van der Waals surface area contributed by atoms with Crippen molar-refractivity contribution in [3.63, 3.8) is 0 Å². The first-order valence-corrected chi connectivity index (χ1v) is 7.13. The van der Waals surface area contributed by atoms with Gasteiger partial charge in [-0.25, -0.2) is 0 Å². The van der Waals surface area contributed by atoms with E-state index < -0.39 is 0 Å². The minimum Gasteiger partial charge on any atom is -0.497 e. The Balaban J connectivity index is 1.88. The average molecular weight is 258 g/mol. The molecule has 2 aromatic rings. The summed E-state index contributed by atoms with van der Waals surface area (Å²) >= 11 is 0. The molecule has 0 spiro atoms. The van der Waals surface area contributed by atoms with Gasteiger partial charge in [-0.1, -0.05) is 6.42 Å². The molecule has 0 aliphatic heterocycles. The monoisotopic (exact) mass is 258 g/mol. The molecule has 3 heteroatoms. The van der Waals surface area contributed by atoms with Gasteiger partial charge in [0.25, 0.3) is 0 Å². The average Bonchev–Trinajstić information content (AvgIpc) is 3.06. The van der Waals surface area contributed by atoms with E-state index in [2.05, 4.69) is 35.7 Å². The number of aromatic amines is 1. The third-order valence-electron chi connectivity index (χ3n) is 4.49. The number of H-pyrrole nitrogens is 1. The number of hydrogen-bond acceptors (Lipinski definition) is 2. The molecule has 1 aromatic heterocycles. The van der Waals surface area contributed by atoms with Crippen LogP contribution in [0.1, 0.15) is 24.8 Å². The second-order valence-corrected chi connectivity index (χ2v) is 5.52. The fourth-order valence-corrected chi connectivity index (χ4v) is 3.40. The first-order valence-electron chi connectivity index (χ1n) is 7.13. The molecule has 1 fully saturated rings. The molecule has 0 amide bonds. The molecule has 102 valence electrons. The SMILES string of the molecule is CNC1CCCC1Cc1c[nH]c2ccc(OC)cc12. The molecule has 2 atom stereocenters. The Bertz CT molecular complexity index is 561. The molecule has 19 heavy (non-hydrogen) atoms. The van der Waals surface area contributed by atoms with Gasteiger partial charge >= 0.3 is 0 Å². The molecule has 0 bridgehead atoms. The number of hydrogen-bond donors (Lipinski definition) is 2. The molecule has 2 unspecified atom stereocenters. The standard InChI is InChI=1S/C16H22N2O/c1-17-15-5-3-4-11(15)8-12-10-18-16-7-6-13(19-2)9-14(12)16/h6-7,9-11,15,17-18H,3-5,8H2,1-2H3. The number of nitrogens with one attached hydrogen (secondary N) is 2. The number of fused-ring (bicyclic) bond motifs is 1. The van der Waals surface area contributed by atoms with E-state index in [4.69, 9.17) is 4.74 Å². The van der Waals surface area contributed by atoms with Gasteiger partial charge in [0.2, 0.25) is 0 Å². The maximum atomic E-state index is 5.33. The Morgan fingerprint density at radius 2 is 2.26 bits per heavy atom. The Morgan fingerprint density at radius 1 is 1.37 bits per heavy atom. The zero-order valence-electron chi connectivity index (χ0n) is 11.7. The summed E-state index contributed by atoms with van der Waals surface area (Å²) in [5.74, 6) is 1.69. The highest BCUT2D eigenvalue weighted by molar-refractivity contribution is 5.84. The summed E-state index contributed by atoms with van der Waals surface area (Å²) in [5.41, 5.74) is 2.62. The fourth-order valence-electron chi connectivity index (χ4n) is 3.40. The maximum absolute atomic E-state index is 5.33. The third-order valence-corrected chi connectivity index (χ3v) is 4.49. The predicted octanol–water partition coefficient (Wildman–Crippen LogP) is 3.11. The molecule has 0 radical (unpaired) electrons. The minimum absolute atomic E-state index is 0.676. The van der Waals surface area contributed by atoms with Crippen LogP contribution in [0.5, 0.6) is 5.75 Å². The molecule has 1 aliphatic carbocycles. The van der Waals surface area contributed by atoms with Crippen molar-refractivity contribution < 1.29 is 4.74 Å². The molecule has 1 aliphatic rings. The van der Waals surface area contributed by atoms with Crippen LogP contribution in [0.25, 0.3) is 10.9 Å². The zero-order chi connectivity index (χ0) is 13.2. The van der Waals surface area contributed by atoms with E-state index in [1.165, 1.54) is 35.7 Å². The van der Waals surface area contributed by atoms with E-state index in [0.29, 0.717) is 6.04 Å². The minimum atomic E-state index is 0.676. The summed E-state index contributed by atoms with van der Waals surface area (Å²) in [6.45, 7) is 0. The Hall–Kier alpha value is -1.48. The van der Waals surface area contributed by atoms with Crippen molar-refractivity contribution in [3.8, 4) is 5.75 Å². The zero-order valence-corrected chi connectivity index (χ0v) is 11.7. The molecule has 3 rings (SSSR count). The van der Waals surface area contributed by atoms with E-state index in [0.717, 1.165) is 18.1 Å². The largest absolute Gasteiger partial charge is 0.497 e. The normalized spacial score (nSPS) is 23.1. The molecule has 1 heterocycles. The lowest BCUT2D eigenvalue weighted by atomic mass is 9.94. The summed E-state index contributed by atoms with van der Waals surface area (Å²) in [4.78, 5) is 3.37. The summed E-state index contributed by atoms with van der Waals surface area (Å²) in [6, 6.07) is 6.93. The summed E-state index contributed by atoms with van der Waals surface area (Å²) in [7, 11) is 3.81. The van der Waals surface area contributed by atoms with Gasteiger partial charge in [-0.2, -0.15) is 0 Å². The number of benzene rings is 1. The Kier molecular flexibility index (Phi) is 3.47. The van der Waals surface area contributed by atoms with Crippen molar-refractivity contribution in [1.82, 2.24) is 10.3 Å². The molecular formula is C16H22N2O. The van der Waals surface area contributed by atoms with Crippen LogP contribution in [0.2, 0.25) is 0 Å². The molecule has 1 saturated carbocycles. The first kappa shape index (κ1) is 12.5. The van der Waals surface area contributed by atoms with E-state index in [9.17, 15) is 0 Å². The van der Waals surface area contributed by atoms with Gasteiger partial charge in [0.1, 0.15) is 5.75 Å². The van der Waals surface area contributed by atoms with Gasteiger partial charge in [-0.3, -0.25) is 0 Å². The lowest BCUT2D eigenvalue weighted by molar-refractivity contribution is 0.415. The van der Waals surface area contributed by atoms with Gasteiger partial charge < -0.3 is 15.0 Å². The van der Waals surface area contributed by atoms with E-state index in [1.807, 2.05) is 6.07 Å². The van der Waals surface area contributed by atoms with Gasteiger partial charge in [0.15, 0.2) is 0 Å². The number of methoxy groups -OCH3 is 1. The highest BCUT2D eigenvalue weighted by Gasteiger charge is 2.26. The number of ether oxygens (including phenoxy) is 1. The highest BCUT2D eigenvalue weighted by Crippen LogP contribution is 2.32. The van der Waals surface area contributed by atoms with Crippen LogP contribution in [-0.2, 0) is 6.42 Å². The summed E-state index contributed by atoms with van der Waals surface area (Å²) in [6.07, 6.45) is 7.31. The van der Waals surface area contributed by atoms with Crippen LogP contribution in [-0.4, -0.2) is 25.2 Å². The van der Waals surface area contributed by atoms with Crippen molar-refractivity contribution >= 4 is 10.9 Å². The van der Waals surface area contributed by atoms with Crippen LogP contribution in [0.3, 0.4) is 0 Å².